The molecular formula is C23H26ClFN8O. The molecule has 4 heterocycles. The normalized spacial score (nSPS) is 19.6. The van der Waals surface area contributed by atoms with Crippen LogP contribution in [0.4, 0.5) is 10.2 Å². The van der Waals surface area contributed by atoms with E-state index in [1.807, 2.05) is 13.0 Å². The second-order valence-corrected chi connectivity index (χ2v) is 8.70. The zero-order chi connectivity index (χ0) is 23.7. The summed E-state index contributed by atoms with van der Waals surface area (Å²) in [6.45, 7) is 6.32. The van der Waals surface area contributed by atoms with E-state index in [4.69, 9.17) is 21.7 Å². The van der Waals surface area contributed by atoms with Gasteiger partial charge in [0.2, 0.25) is 0 Å². The summed E-state index contributed by atoms with van der Waals surface area (Å²) in [4.78, 5) is 21.5. The lowest BCUT2D eigenvalue weighted by molar-refractivity contribution is 0.0978. The second-order valence-electron chi connectivity index (χ2n) is 8.30. The van der Waals surface area contributed by atoms with Gasteiger partial charge in [0.25, 0.3) is 0 Å². The van der Waals surface area contributed by atoms with Crippen LogP contribution in [0.5, 0.6) is 0 Å². The van der Waals surface area contributed by atoms with Crippen molar-refractivity contribution in [2.75, 3.05) is 44.6 Å². The Bertz CT molecular complexity index is 1230. The highest BCUT2D eigenvalue weighted by Gasteiger charge is 2.25. The van der Waals surface area contributed by atoms with Gasteiger partial charge in [-0.15, -0.1) is 0 Å². The van der Waals surface area contributed by atoms with E-state index < -0.39 is 5.82 Å². The molecule has 1 fully saturated rings. The van der Waals surface area contributed by atoms with Crippen LogP contribution in [0.1, 0.15) is 6.92 Å². The average molecular weight is 485 g/mol. The van der Waals surface area contributed by atoms with Gasteiger partial charge in [-0.3, -0.25) is 9.80 Å². The van der Waals surface area contributed by atoms with E-state index in [-0.39, 0.29) is 23.4 Å². The predicted octanol–water partition coefficient (Wildman–Crippen LogP) is 2.63. The van der Waals surface area contributed by atoms with E-state index in [2.05, 4.69) is 35.4 Å². The molecule has 0 amide bonds. The maximum atomic E-state index is 14.4. The molecule has 1 saturated heterocycles. The minimum Gasteiger partial charge on any atom is -0.395 e. The van der Waals surface area contributed by atoms with E-state index in [1.54, 1.807) is 24.4 Å². The number of anilines is 1. The fraction of sp³-hybridized carbons (Fsp3) is 0.348. The third-order valence-corrected chi connectivity index (χ3v) is 6.32. The van der Waals surface area contributed by atoms with Crippen molar-refractivity contribution in [2.24, 2.45) is 4.99 Å². The molecule has 2 aromatic heterocycles. The Morgan fingerprint density at radius 2 is 2.06 bits per heavy atom. The first-order valence-corrected chi connectivity index (χ1v) is 11.6. The number of nitrogens with zero attached hydrogens (tertiary/aromatic N) is 5. The number of hydrogen-bond acceptors (Lipinski definition) is 8. The summed E-state index contributed by atoms with van der Waals surface area (Å²) in [5.74, 6) is 1.98. The van der Waals surface area contributed by atoms with Crippen molar-refractivity contribution in [3.05, 3.63) is 53.2 Å². The highest BCUT2D eigenvalue weighted by Crippen LogP contribution is 2.31. The number of H-pyrrole nitrogens is 1. The fourth-order valence-corrected chi connectivity index (χ4v) is 4.56. The lowest BCUT2D eigenvalue weighted by atomic mass is 10.2. The molecule has 2 aliphatic rings. The van der Waals surface area contributed by atoms with Crippen LogP contribution in [-0.4, -0.2) is 81.2 Å². The van der Waals surface area contributed by atoms with E-state index >= 15 is 0 Å². The molecule has 4 N–H and O–H groups in total. The summed E-state index contributed by atoms with van der Waals surface area (Å²) >= 11 is 6.24. The first-order chi connectivity index (χ1) is 16.5. The van der Waals surface area contributed by atoms with Crippen molar-refractivity contribution >= 4 is 34.3 Å². The number of aliphatic imine (C=N–C) groups is 1. The number of imidazole rings is 1. The molecule has 0 spiro atoms. The fourth-order valence-electron chi connectivity index (χ4n) is 4.30. The number of benzene rings is 1. The van der Waals surface area contributed by atoms with Crippen molar-refractivity contribution in [2.45, 2.75) is 13.1 Å². The van der Waals surface area contributed by atoms with Gasteiger partial charge in [-0.25, -0.2) is 19.4 Å². The van der Waals surface area contributed by atoms with E-state index in [0.717, 1.165) is 37.8 Å². The molecule has 0 saturated carbocycles. The van der Waals surface area contributed by atoms with Gasteiger partial charge < -0.3 is 20.7 Å². The summed E-state index contributed by atoms with van der Waals surface area (Å²) in [6.07, 6.45) is 3.58. The van der Waals surface area contributed by atoms with Crippen molar-refractivity contribution in [1.82, 2.24) is 30.1 Å². The van der Waals surface area contributed by atoms with E-state index in [1.165, 1.54) is 6.07 Å². The number of aromatic amines is 1. The number of hydrogen-bond donors (Lipinski definition) is 4. The van der Waals surface area contributed by atoms with Gasteiger partial charge in [0.15, 0.2) is 5.82 Å². The third kappa shape index (κ3) is 4.62. The number of amidine groups is 1. The molecule has 178 valence electrons. The van der Waals surface area contributed by atoms with Crippen LogP contribution in [-0.2, 0) is 0 Å². The first kappa shape index (κ1) is 22.7. The number of aliphatic hydroxyl groups excluding tert-OH is 1. The number of pyridine rings is 1. The smallest absolute Gasteiger partial charge is 0.159 e. The molecule has 0 bridgehead atoms. The van der Waals surface area contributed by atoms with Crippen LogP contribution in [0, 0.1) is 5.82 Å². The zero-order valence-electron chi connectivity index (χ0n) is 18.7. The topological polar surface area (TPSA) is 105 Å². The molecule has 34 heavy (non-hydrogen) atoms. The lowest BCUT2D eigenvalue weighted by Gasteiger charge is -2.38. The molecule has 9 nitrogen and oxygen atoms in total. The summed E-state index contributed by atoms with van der Waals surface area (Å²) < 4.78 is 14.4. The van der Waals surface area contributed by atoms with Crippen LogP contribution in [0.15, 0.2) is 47.4 Å². The van der Waals surface area contributed by atoms with Crippen molar-refractivity contribution < 1.29 is 9.50 Å². The molecule has 0 radical (unpaired) electrons. The van der Waals surface area contributed by atoms with Gasteiger partial charge in [-0.1, -0.05) is 17.7 Å². The maximum absolute atomic E-state index is 14.4. The SMILES string of the molecule is CC1=NC(N2CCN(CCO)CC2)C=C(Nc2nccc3[nH]c(-c4c(F)cccc4Cl)nc23)N1. The molecule has 1 atom stereocenters. The molecule has 2 aliphatic heterocycles. The molecule has 11 heteroatoms. The monoisotopic (exact) mass is 484 g/mol. The minimum atomic E-state index is -0.445. The molecule has 1 unspecified atom stereocenters. The van der Waals surface area contributed by atoms with Gasteiger partial charge in [-0.2, -0.15) is 0 Å². The van der Waals surface area contributed by atoms with Crippen molar-refractivity contribution in [3.8, 4) is 11.4 Å². The maximum Gasteiger partial charge on any atom is 0.159 e. The molecule has 0 aliphatic carbocycles. The summed E-state index contributed by atoms with van der Waals surface area (Å²) in [7, 11) is 0. The number of aromatic nitrogens is 3. The summed E-state index contributed by atoms with van der Waals surface area (Å²) in [5, 5.41) is 16.0. The quantitative estimate of drug-likeness (QED) is 0.426. The highest BCUT2D eigenvalue weighted by atomic mass is 35.5. The number of aliphatic hydroxyl groups is 1. The van der Waals surface area contributed by atoms with Gasteiger partial charge in [0.1, 0.15) is 35.0 Å². The molecule has 3 aromatic rings. The number of β-amino-alcohol motifs (C(OH)–C–C–N with tert-alkyl or cyclic N) is 1. The van der Waals surface area contributed by atoms with E-state index in [0.29, 0.717) is 29.2 Å². The average Bonchev–Trinajstić information content (AvgIpc) is 3.24. The summed E-state index contributed by atoms with van der Waals surface area (Å²) in [5.41, 5.74) is 1.52. The lowest BCUT2D eigenvalue weighted by Crippen LogP contribution is -2.51. The van der Waals surface area contributed by atoms with Gasteiger partial charge in [-0.05, 0) is 31.2 Å². The third-order valence-electron chi connectivity index (χ3n) is 6.01. The minimum absolute atomic E-state index is 0.105. The van der Waals surface area contributed by atoms with Crippen LogP contribution >= 0.6 is 11.6 Å². The summed E-state index contributed by atoms with van der Waals surface area (Å²) in [6, 6.07) is 6.34. The van der Waals surface area contributed by atoms with Crippen LogP contribution in [0.2, 0.25) is 5.02 Å². The standard InChI is InChI=1S/C23H26ClFN8O/c1-14-27-18(13-19(28-14)33-9-7-32(8-10-33)11-12-34)30-23-21-17(5-6-26-23)29-22(31-21)20-15(24)3-2-4-16(20)25/h2-6,13,19,34H,7-12H2,1H3,(H,26,30)(H,27,28)(H,29,31). The Kier molecular flexibility index (Phi) is 6.46. The molecule has 5 rings (SSSR count). The molecule has 1 aromatic carbocycles. The number of fused-ring (bicyclic) bond motifs is 1. The number of rotatable bonds is 6. The Balaban J connectivity index is 1.39. The largest absolute Gasteiger partial charge is 0.395 e. The zero-order valence-corrected chi connectivity index (χ0v) is 19.5. The molecular weight excluding hydrogens is 459 g/mol. The predicted molar refractivity (Wildman–Crippen MR) is 131 cm³/mol. The highest BCUT2D eigenvalue weighted by molar-refractivity contribution is 6.33. The van der Waals surface area contributed by atoms with Gasteiger partial charge >= 0.3 is 0 Å². The number of piperazine rings is 1. The Hall–Kier alpha value is -3.05. The van der Waals surface area contributed by atoms with Crippen molar-refractivity contribution in [3.63, 3.8) is 0 Å². The van der Waals surface area contributed by atoms with Crippen LogP contribution in [0.3, 0.4) is 0 Å². The Morgan fingerprint density at radius 1 is 1.24 bits per heavy atom. The number of halogens is 2. The van der Waals surface area contributed by atoms with Crippen LogP contribution < -0.4 is 10.6 Å². The van der Waals surface area contributed by atoms with E-state index in [9.17, 15) is 4.39 Å². The van der Waals surface area contributed by atoms with Gasteiger partial charge in [0, 0.05) is 38.9 Å². The van der Waals surface area contributed by atoms with Crippen LogP contribution in [0.25, 0.3) is 22.4 Å². The first-order valence-electron chi connectivity index (χ1n) is 11.2. The number of nitrogens with one attached hydrogen (secondary N) is 3. The van der Waals surface area contributed by atoms with Crippen molar-refractivity contribution in [1.29, 1.82) is 0 Å². The Morgan fingerprint density at radius 3 is 2.82 bits per heavy atom. The van der Waals surface area contributed by atoms with Gasteiger partial charge in [0.05, 0.1) is 22.7 Å². The Labute approximate surface area is 201 Å². The second kappa shape index (κ2) is 9.67.